The molecular formula is C12H13O2U-. The summed E-state index contributed by atoms with van der Waals surface area (Å²) in [4.78, 5) is 10.5. The average molecular weight is 427 g/mol. The monoisotopic (exact) mass is 427 g/mol. The second-order valence-electron chi connectivity index (χ2n) is 3.17. The van der Waals surface area contributed by atoms with Crippen LogP contribution in [0.4, 0.5) is 0 Å². The van der Waals surface area contributed by atoms with Gasteiger partial charge in [0.05, 0.1) is 0 Å². The molecule has 0 amide bonds. The van der Waals surface area contributed by atoms with Gasteiger partial charge >= 0.3 is 5.97 Å². The third kappa shape index (κ3) is 4.68. The zero-order chi connectivity index (χ0) is 10.6. The van der Waals surface area contributed by atoms with Crippen LogP contribution in [-0.2, 0) is 11.2 Å². The van der Waals surface area contributed by atoms with Crippen LogP contribution in [0, 0.1) is 44.1 Å². The number of carbonyl (C=O) groups is 1. The maximum absolute atomic E-state index is 10.5. The van der Waals surface area contributed by atoms with Crippen LogP contribution in [-0.4, -0.2) is 11.1 Å². The Kier molecular flexibility index (Phi) is 6.64. The van der Waals surface area contributed by atoms with Crippen LogP contribution in [0.15, 0.2) is 18.2 Å². The standard InChI is InChI=1S/C12H13O2.U/c1-3-4-10-5-6-11(8-12(13)14)9(2)7-10;/h3-5,7H,8H2,1-2H3,(H,13,14);/q-1;/b4-3+;. The number of carboxylic acids is 1. The van der Waals surface area contributed by atoms with Crippen LogP contribution in [0.2, 0.25) is 0 Å². The Morgan fingerprint density at radius 2 is 2.27 bits per heavy atom. The Balaban J connectivity index is 0.00000196. The van der Waals surface area contributed by atoms with E-state index >= 15 is 0 Å². The molecule has 0 saturated carbocycles. The van der Waals surface area contributed by atoms with Gasteiger partial charge in [-0.2, -0.15) is 23.8 Å². The van der Waals surface area contributed by atoms with E-state index in [1.807, 2.05) is 38.1 Å². The van der Waals surface area contributed by atoms with E-state index < -0.39 is 5.97 Å². The van der Waals surface area contributed by atoms with Crippen molar-refractivity contribution in [1.82, 2.24) is 0 Å². The molecule has 1 aromatic carbocycles. The van der Waals surface area contributed by atoms with Crippen LogP contribution >= 0.6 is 0 Å². The largest absolute Gasteiger partial charge is 0.481 e. The fourth-order valence-electron chi connectivity index (χ4n) is 1.29. The Labute approximate surface area is 114 Å². The van der Waals surface area contributed by atoms with Crippen LogP contribution in [0.1, 0.15) is 23.6 Å². The number of carboxylic acid groups (broad SMARTS) is 1. The second-order valence-corrected chi connectivity index (χ2v) is 3.17. The van der Waals surface area contributed by atoms with Crippen molar-refractivity contribution in [3.63, 3.8) is 0 Å². The van der Waals surface area contributed by atoms with Crippen molar-refractivity contribution >= 4 is 12.0 Å². The first-order valence-corrected chi connectivity index (χ1v) is 4.49. The van der Waals surface area contributed by atoms with Gasteiger partial charge in [0.1, 0.15) is 0 Å². The molecule has 0 aliphatic carbocycles. The number of rotatable bonds is 3. The predicted octanol–water partition coefficient (Wildman–Crippen LogP) is 2.46. The molecule has 78 valence electrons. The molecule has 0 radical (unpaired) electrons. The van der Waals surface area contributed by atoms with Crippen LogP contribution < -0.4 is 0 Å². The summed E-state index contributed by atoms with van der Waals surface area (Å²) in [5.74, 6) is -0.817. The molecule has 0 aliphatic heterocycles. The predicted molar refractivity (Wildman–Crippen MR) is 56.1 cm³/mol. The molecule has 2 nitrogen and oxygen atoms in total. The molecule has 0 saturated heterocycles. The number of hydrogen-bond acceptors (Lipinski definition) is 1. The van der Waals surface area contributed by atoms with Crippen molar-refractivity contribution < 1.29 is 41.0 Å². The van der Waals surface area contributed by atoms with Gasteiger partial charge in [-0.05, 0) is 6.92 Å². The first-order valence-electron chi connectivity index (χ1n) is 4.49. The zero-order valence-electron chi connectivity index (χ0n) is 8.87. The molecule has 0 heterocycles. The number of hydrogen-bond donors (Lipinski definition) is 1. The second kappa shape index (κ2) is 6.87. The topological polar surface area (TPSA) is 37.3 Å². The molecule has 0 fully saturated rings. The molecule has 3 heteroatoms. The molecule has 0 aliphatic rings. The van der Waals surface area contributed by atoms with Gasteiger partial charge in [-0.15, -0.1) is 17.2 Å². The van der Waals surface area contributed by atoms with Gasteiger partial charge in [0.25, 0.3) is 0 Å². The van der Waals surface area contributed by atoms with Crippen LogP contribution in [0.25, 0.3) is 6.08 Å². The fourth-order valence-corrected chi connectivity index (χ4v) is 1.29. The number of benzene rings is 1. The van der Waals surface area contributed by atoms with Gasteiger partial charge in [-0.1, -0.05) is 13.0 Å². The van der Waals surface area contributed by atoms with E-state index in [-0.39, 0.29) is 37.5 Å². The smallest absolute Gasteiger partial charge is 0.305 e. The molecule has 0 aromatic heterocycles. The molecule has 15 heavy (non-hydrogen) atoms. The Bertz CT molecular complexity index is 370. The Morgan fingerprint density at radius 3 is 2.73 bits per heavy atom. The summed E-state index contributed by atoms with van der Waals surface area (Å²) >= 11 is 0. The van der Waals surface area contributed by atoms with E-state index in [4.69, 9.17) is 5.11 Å². The summed E-state index contributed by atoms with van der Waals surface area (Å²) in [6.07, 6.45) is 3.95. The maximum Gasteiger partial charge on any atom is 0.305 e. The quantitative estimate of drug-likeness (QED) is 0.753. The van der Waals surface area contributed by atoms with Gasteiger partial charge in [0, 0.05) is 37.5 Å². The molecule has 0 unspecified atom stereocenters. The van der Waals surface area contributed by atoms with E-state index in [0.717, 1.165) is 16.7 Å². The van der Waals surface area contributed by atoms with E-state index in [1.54, 1.807) is 0 Å². The molecule has 1 aromatic rings. The van der Waals surface area contributed by atoms with Crippen molar-refractivity contribution in [3.05, 3.63) is 41.0 Å². The molecule has 1 rings (SSSR count). The first-order chi connectivity index (χ1) is 6.63. The summed E-state index contributed by atoms with van der Waals surface area (Å²) in [5.41, 5.74) is 2.79. The van der Waals surface area contributed by atoms with Crippen molar-refractivity contribution in [2.45, 2.75) is 20.3 Å². The van der Waals surface area contributed by atoms with E-state index in [2.05, 4.69) is 6.07 Å². The minimum atomic E-state index is -0.817. The summed E-state index contributed by atoms with van der Waals surface area (Å²) in [6.45, 7) is 3.85. The number of aryl methyl sites for hydroxylation is 1. The number of allylic oxidation sites excluding steroid dienone is 1. The van der Waals surface area contributed by atoms with Crippen molar-refractivity contribution in [2.24, 2.45) is 0 Å². The maximum atomic E-state index is 10.5. The molecule has 0 spiro atoms. The molecule has 1 N–H and O–H groups in total. The Morgan fingerprint density at radius 1 is 1.60 bits per heavy atom. The number of aliphatic carboxylic acids is 1. The minimum absolute atomic E-state index is 0. The van der Waals surface area contributed by atoms with E-state index in [0.29, 0.717) is 0 Å². The third-order valence-corrected chi connectivity index (χ3v) is 1.96. The summed E-state index contributed by atoms with van der Waals surface area (Å²) in [6, 6.07) is 6.77. The van der Waals surface area contributed by atoms with Crippen molar-refractivity contribution in [1.29, 1.82) is 0 Å². The van der Waals surface area contributed by atoms with E-state index in [9.17, 15) is 4.79 Å². The van der Waals surface area contributed by atoms with Crippen molar-refractivity contribution in [2.75, 3.05) is 0 Å². The Hall–Kier alpha value is -0.518. The van der Waals surface area contributed by atoms with Crippen LogP contribution in [0.3, 0.4) is 0 Å². The fraction of sp³-hybridized carbons (Fsp3) is 0.250. The minimum Gasteiger partial charge on any atom is -0.481 e. The van der Waals surface area contributed by atoms with Crippen LogP contribution in [0.5, 0.6) is 0 Å². The van der Waals surface area contributed by atoms with Gasteiger partial charge < -0.3 is 5.11 Å². The summed E-state index contributed by atoms with van der Waals surface area (Å²) in [5, 5.41) is 8.63. The summed E-state index contributed by atoms with van der Waals surface area (Å²) in [7, 11) is 0. The third-order valence-electron chi connectivity index (χ3n) is 1.96. The SMILES string of the molecule is C/C=C/c1c[c-]c(CC(=O)O)c(C)c1.[U]. The van der Waals surface area contributed by atoms with Gasteiger partial charge in [-0.3, -0.25) is 4.79 Å². The molecule has 0 atom stereocenters. The zero-order valence-corrected chi connectivity index (χ0v) is 13.0. The first kappa shape index (κ1) is 14.5. The normalized spacial score (nSPS) is 10.0. The van der Waals surface area contributed by atoms with Gasteiger partial charge in [-0.25, -0.2) is 0 Å². The average Bonchev–Trinajstić information content (AvgIpc) is 2.10. The molecule has 0 bridgehead atoms. The summed E-state index contributed by atoms with van der Waals surface area (Å²) < 4.78 is 0. The van der Waals surface area contributed by atoms with Gasteiger partial charge in [0.15, 0.2) is 0 Å². The van der Waals surface area contributed by atoms with Crippen molar-refractivity contribution in [3.8, 4) is 0 Å². The van der Waals surface area contributed by atoms with Gasteiger partial charge in [0.2, 0.25) is 0 Å². The molecular weight excluding hydrogens is 414 g/mol. The van der Waals surface area contributed by atoms with E-state index in [1.165, 1.54) is 0 Å².